The number of fused-ring (bicyclic) bond motifs is 1. The summed E-state index contributed by atoms with van der Waals surface area (Å²) in [6, 6.07) is 16.3. The Hall–Kier alpha value is -2.82. The number of nitrogens with zero attached hydrogens (tertiary/aromatic N) is 2. The van der Waals surface area contributed by atoms with Gasteiger partial charge in [-0.25, -0.2) is 4.98 Å². The number of carbonyl (C=O) groups excluding carboxylic acids is 1. The van der Waals surface area contributed by atoms with Crippen LogP contribution >= 0.6 is 0 Å². The summed E-state index contributed by atoms with van der Waals surface area (Å²) < 4.78 is 8.33. The van der Waals surface area contributed by atoms with Crippen molar-refractivity contribution in [3.8, 4) is 5.75 Å². The Kier molecular flexibility index (Phi) is 6.91. The van der Waals surface area contributed by atoms with E-state index in [-0.39, 0.29) is 11.8 Å². The molecular weight excluding hydrogens is 362 g/mol. The molecule has 0 unspecified atom stereocenters. The first-order valence-electron chi connectivity index (χ1n) is 10.4. The normalized spacial score (nSPS) is 11.4. The maximum atomic E-state index is 11.8. The molecular formula is C24H31N3O2. The Morgan fingerprint density at radius 3 is 2.55 bits per heavy atom. The van der Waals surface area contributed by atoms with Gasteiger partial charge in [0.05, 0.1) is 17.6 Å². The smallest absolute Gasteiger partial charge is 0.222 e. The van der Waals surface area contributed by atoms with Gasteiger partial charge >= 0.3 is 0 Å². The van der Waals surface area contributed by atoms with E-state index >= 15 is 0 Å². The summed E-state index contributed by atoms with van der Waals surface area (Å²) in [5.74, 6) is 2.39. The lowest BCUT2D eigenvalue weighted by molar-refractivity contribution is -0.123. The number of imidazole rings is 1. The minimum atomic E-state index is -0.0109. The molecule has 0 saturated carbocycles. The van der Waals surface area contributed by atoms with Crippen LogP contribution in [0.4, 0.5) is 0 Å². The van der Waals surface area contributed by atoms with Gasteiger partial charge in [-0.2, -0.15) is 0 Å². The van der Waals surface area contributed by atoms with Gasteiger partial charge in [-0.1, -0.05) is 58.0 Å². The van der Waals surface area contributed by atoms with Crippen molar-refractivity contribution in [2.75, 3.05) is 13.2 Å². The predicted octanol–water partition coefficient (Wildman–Crippen LogP) is 4.55. The Bertz CT molecular complexity index is 960. The molecule has 3 rings (SSSR count). The second kappa shape index (κ2) is 9.59. The minimum Gasteiger partial charge on any atom is -0.491 e. The zero-order valence-electron chi connectivity index (χ0n) is 17.8. The molecule has 0 radical (unpaired) electrons. The van der Waals surface area contributed by atoms with Crippen LogP contribution in [-0.4, -0.2) is 28.6 Å². The van der Waals surface area contributed by atoms with Crippen LogP contribution in [0.2, 0.25) is 0 Å². The van der Waals surface area contributed by atoms with Crippen LogP contribution < -0.4 is 10.1 Å². The summed E-state index contributed by atoms with van der Waals surface area (Å²) in [6.07, 6.45) is 0.690. The van der Waals surface area contributed by atoms with Crippen molar-refractivity contribution in [3.63, 3.8) is 0 Å². The number of hydrogen-bond donors (Lipinski definition) is 1. The van der Waals surface area contributed by atoms with Gasteiger partial charge in [0.15, 0.2) is 0 Å². The molecule has 1 amide bonds. The number of ether oxygens (including phenoxy) is 1. The lowest BCUT2D eigenvalue weighted by atomic mass is 10.0. The summed E-state index contributed by atoms with van der Waals surface area (Å²) in [6.45, 7) is 10.0. The number of amides is 1. The predicted molar refractivity (Wildman–Crippen MR) is 117 cm³/mol. The number of benzene rings is 2. The minimum absolute atomic E-state index is 0.0109. The Labute approximate surface area is 173 Å². The van der Waals surface area contributed by atoms with Crippen molar-refractivity contribution in [2.45, 2.75) is 46.6 Å². The lowest BCUT2D eigenvalue weighted by Crippen LogP contribution is -2.30. The van der Waals surface area contributed by atoms with Crippen molar-refractivity contribution >= 4 is 16.9 Å². The molecule has 0 aliphatic heterocycles. The van der Waals surface area contributed by atoms with E-state index in [1.807, 2.05) is 44.2 Å². The number of rotatable bonds is 9. The van der Waals surface area contributed by atoms with E-state index in [9.17, 15) is 4.79 Å². The maximum Gasteiger partial charge on any atom is 0.222 e. The van der Waals surface area contributed by atoms with Crippen molar-refractivity contribution in [3.05, 3.63) is 59.9 Å². The molecule has 1 N–H and O–H groups in total. The summed E-state index contributed by atoms with van der Waals surface area (Å²) in [7, 11) is 0. The van der Waals surface area contributed by atoms with E-state index in [1.165, 1.54) is 5.56 Å². The van der Waals surface area contributed by atoms with Crippen molar-refractivity contribution in [1.82, 2.24) is 14.9 Å². The highest BCUT2D eigenvalue weighted by Gasteiger charge is 2.13. The molecule has 2 aromatic carbocycles. The van der Waals surface area contributed by atoms with Gasteiger partial charge in [0, 0.05) is 18.9 Å². The quantitative estimate of drug-likeness (QED) is 0.580. The highest BCUT2D eigenvalue weighted by molar-refractivity contribution is 5.78. The number of hydrogen-bond acceptors (Lipinski definition) is 3. The molecule has 0 saturated heterocycles. The van der Waals surface area contributed by atoms with Gasteiger partial charge in [-0.15, -0.1) is 0 Å². The van der Waals surface area contributed by atoms with E-state index in [4.69, 9.17) is 9.72 Å². The third-order valence-electron chi connectivity index (χ3n) is 5.02. The largest absolute Gasteiger partial charge is 0.491 e. The number of para-hydroxylation sites is 3. The number of aromatic nitrogens is 2. The highest BCUT2D eigenvalue weighted by Crippen LogP contribution is 2.26. The van der Waals surface area contributed by atoms with E-state index < -0.39 is 0 Å². The van der Waals surface area contributed by atoms with Gasteiger partial charge in [0.25, 0.3) is 0 Å². The van der Waals surface area contributed by atoms with Gasteiger partial charge in [-0.3, -0.25) is 4.79 Å². The fraction of sp³-hybridized carbons (Fsp3) is 0.417. The Morgan fingerprint density at radius 2 is 1.79 bits per heavy atom. The van der Waals surface area contributed by atoms with Gasteiger partial charge in [0.2, 0.25) is 5.91 Å². The third-order valence-corrected chi connectivity index (χ3v) is 5.02. The summed E-state index contributed by atoms with van der Waals surface area (Å²) in [4.78, 5) is 16.6. The molecule has 1 aromatic heterocycles. The van der Waals surface area contributed by atoms with Crippen molar-refractivity contribution in [2.24, 2.45) is 5.92 Å². The molecule has 5 nitrogen and oxygen atoms in total. The monoisotopic (exact) mass is 393 g/mol. The second-order valence-corrected chi connectivity index (χ2v) is 7.91. The van der Waals surface area contributed by atoms with Crippen molar-refractivity contribution < 1.29 is 9.53 Å². The molecule has 0 spiro atoms. The Morgan fingerprint density at radius 1 is 1.07 bits per heavy atom. The zero-order chi connectivity index (χ0) is 20.8. The molecule has 154 valence electrons. The first-order chi connectivity index (χ1) is 14.0. The fourth-order valence-corrected chi connectivity index (χ4v) is 3.40. The lowest BCUT2D eigenvalue weighted by Gasteiger charge is -2.15. The van der Waals surface area contributed by atoms with Crippen LogP contribution in [0, 0.1) is 5.92 Å². The average molecular weight is 394 g/mol. The summed E-state index contributed by atoms with van der Waals surface area (Å²) in [5, 5.41) is 2.98. The number of nitrogens with one attached hydrogen (secondary N) is 1. The third kappa shape index (κ3) is 5.17. The van der Waals surface area contributed by atoms with E-state index in [1.54, 1.807) is 0 Å². The molecule has 5 heteroatoms. The zero-order valence-corrected chi connectivity index (χ0v) is 17.8. The van der Waals surface area contributed by atoms with Gasteiger partial charge in [0.1, 0.15) is 18.2 Å². The van der Waals surface area contributed by atoms with Gasteiger partial charge < -0.3 is 14.6 Å². The highest BCUT2D eigenvalue weighted by atomic mass is 16.5. The SMILES string of the molecule is CC(C)C(=O)NCCc1nc2ccccc2n1CCOc1ccccc1C(C)C. The van der Waals surface area contributed by atoms with E-state index in [0.29, 0.717) is 32.0 Å². The van der Waals surface area contributed by atoms with Crippen LogP contribution in [0.5, 0.6) is 5.75 Å². The number of carbonyl (C=O) groups is 1. The standard InChI is InChI=1S/C24H31N3O2/c1-17(2)19-9-5-8-12-22(19)29-16-15-27-21-11-7-6-10-20(21)26-23(27)13-14-25-24(28)18(3)4/h5-12,17-18H,13-16H2,1-4H3,(H,25,28). The van der Waals surface area contributed by atoms with Crippen LogP contribution in [-0.2, 0) is 17.8 Å². The summed E-state index contributed by atoms with van der Waals surface area (Å²) >= 11 is 0. The average Bonchev–Trinajstić information content (AvgIpc) is 3.05. The maximum absolute atomic E-state index is 11.8. The van der Waals surface area contributed by atoms with Crippen LogP contribution in [0.1, 0.15) is 45.0 Å². The van der Waals surface area contributed by atoms with E-state index in [0.717, 1.165) is 22.6 Å². The molecule has 0 aliphatic carbocycles. The molecule has 0 fully saturated rings. The molecule has 29 heavy (non-hydrogen) atoms. The first-order valence-corrected chi connectivity index (χ1v) is 10.4. The molecule has 0 aliphatic rings. The summed E-state index contributed by atoms with van der Waals surface area (Å²) in [5.41, 5.74) is 3.29. The second-order valence-electron chi connectivity index (χ2n) is 7.91. The van der Waals surface area contributed by atoms with Crippen LogP contribution in [0.25, 0.3) is 11.0 Å². The first kappa shape index (κ1) is 20.9. The van der Waals surface area contributed by atoms with Crippen molar-refractivity contribution in [1.29, 1.82) is 0 Å². The fourth-order valence-electron chi connectivity index (χ4n) is 3.40. The van der Waals surface area contributed by atoms with E-state index in [2.05, 4.69) is 41.9 Å². The molecule has 0 atom stereocenters. The molecule has 3 aromatic rings. The molecule has 1 heterocycles. The van der Waals surface area contributed by atoms with Gasteiger partial charge in [-0.05, 0) is 29.7 Å². The topological polar surface area (TPSA) is 56.2 Å². The van der Waals surface area contributed by atoms with Crippen LogP contribution in [0.3, 0.4) is 0 Å². The molecule has 0 bridgehead atoms. The van der Waals surface area contributed by atoms with Crippen LogP contribution in [0.15, 0.2) is 48.5 Å². The Balaban J connectivity index is 1.72.